The summed E-state index contributed by atoms with van der Waals surface area (Å²) in [5.74, 6) is 6.21. The molecule has 0 aliphatic heterocycles. The Balaban J connectivity index is 2.55. The fraction of sp³-hybridized carbons (Fsp3) is 0.214. The third-order valence-electron chi connectivity index (χ3n) is 3.03. The molecule has 0 aliphatic carbocycles. The van der Waals surface area contributed by atoms with E-state index in [1.54, 1.807) is 31.4 Å². The van der Waals surface area contributed by atoms with E-state index in [4.69, 9.17) is 15.3 Å². The highest BCUT2D eigenvalue weighted by molar-refractivity contribution is 5.50. The molecule has 1 atom stereocenters. The summed E-state index contributed by atoms with van der Waals surface area (Å²) in [5, 5.41) is 0. The van der Waals surface area contributed by atoms with Gasteiger partial charge < -0.3 is 9.47 Å². The summed E-state index contributed by atoms with van der Waals surface area (Å²) in [6.07, 6.45) is 2.65. The largest absolute Gasteiger partial charge is 0.493 e. The molecule has 2 aromatic rings. The number of nitrogens with two attached hydrogens (primary N) is 1. The quantitative estimate of drug-likeness (QED) is 0.644. The second kappa shape index (κ2) is 6.31. The number of methoxy groups -OCH3 is 2. The summed E-state index contributed by atoms with van der Waals surface area (Å²) in [5.41, 5.74) is 3.66. The van der Waals surface area contributed by atoms with Crippen LogP contribution in [0.4, 0.5) is 4.39 Å². The Morgan fingerprint density at radius 2 is 2.00 bits per heavy atom. The molecular formula is C14H16FN3O2. The Morgan fingerprint density at radius 3 is 2.60 bits per heavy atom. The van der Waals surface area contributed by atoms with Crippen LogP contribution in [-0.4, -0.2) is 19.2 Å². The van der Waals surface area contributed by atoms with Gasteiger partial charge in [0.15, 0.2) is 11.5 Å². The van der Waals surface area contributed by atoms with Gasteiger partial charge in [0.2, 0.25) is 0 Å². The zero-order valence-corrected chi connectivity index (χ0v) is 11.3. The van der Waals surface area contributed by atoms with Crippen LogP contribution in [0.2, 0.25) is 0 Å². The lowest BCUT2D eigenvalue weighted by molar-refractivity contribution is 0.348. The first-order valence-electron chi connectivity index (χ1n) is 5.99. The molecule has 1 aromatic heterocycles. The van der Waals surface area contributed by atoms with Crippen LogP contribution in [-0.2, 0) is 0 Å². The van der Waals surface area contributed by atoms with Gasteiger partial charge in [0.1, 0.15) is 5.82 Å². The molecule has 1 aromatic carbocycles. The first-order chi connectivity index (χ1) is 9.72. The monoisotopic (exact) mass is 277 g/mol. The molecule has 0 amide bonds. The fourth-order valence-corrected chi connectivity index (χ4v) is 2.11. The van der Waals surface area contributed by atoms with E-state index in [0.717, 1.165) is 6.20 Å². The second-order valence-corrected chi connectivity index (χ2v) is 4.08. The van der Waals surface area contributed by atoms with E-state index in [9.17, 15) is 4.39 Å². The molecule has 1 heterocycles. The van der Waals surface area contributed by atoms with E-state index in [1.807, 2.05) is 0 Å². The van der Waals surface area contributed by atoms with Crippen LogP contribution in [0.3, 0.4) is 0 Å². The molecule has 106 valence electrons. The summed E-state index contributed by atoms with van der Waals surface area (Å²) in [6.45, 7) is 0. The fourth-order valence-electron chi connectivity index (χ4n) is 2.11. The first kappa shape index (κ1) is 14.2. The van der Waals surface area contributed by atoms with Crippen LogP contribution in [0, 0.1) is 5.82 Å². The number of aromatic nitrogens is 1. The van der Waals surface area contributed by atoms with Gasteiger partial charge in [-0.3, -0.25) is 10.8 Å². The summed E-state index contributed by atoms with van der Waals surface area (Å²) < 4.78 is 24.5. The van der Waals surface area contributed by atoms with Crippen molar-refractivity contribution in [1.82, 2.24) is 10.4 Å². The number of hydrazine groups is 1. The Bertz CT molecular complexity index is 592. The van der Waals surface area contributed by atoms with Gasteiger partial charge in [0.05, 0.1) is 26.5 Å². The molecule has 0 fully saturated rings. The van der Waals surface area contributed by atoms with Crippen LogP contribution >= 0.6 is 0 Å². The minimum Gasteiger partial charge on any atom is -0.493 e. The van der Waals surface area contributed by atoms with E-state index < -0.39 is 11.9 Å². The highest BCUT2D eigenvalue weighted by Gasteiger charge is 2.22. The molecule has 1 unspecified atom stereocenters. The minimum atomic E-state index is -0.567. The number of para-hydroxylation sites is 1. The van der Waals surface area contributed by atoms with Gasteiger partial charge in [-0.15, -0.1) is 0 Å². The van der Waals surface area contributed by atoms with Crippen molar-refractivity contribution in [2.75, 3.05) is 14.2 Å². The molecule has 2 rings (SSSR count). The Hall–Kier alpha value is -2.18. The van der Waals surface area contributed by atoms with Crippen molar-refractivity contribution in [2.45, 2.75) is 6.04 Å². The smallest absolute Gasteiger partial charge is 0.165 e. The minimum absolute atomic E-state index is 0.383. The van der Waals surface area contributed by atoms with E-state index in [-0.39, 0.29) is 0 Å². The topological polar surface area (TPSA) is 69.4 Å². The van der Waals surface area contributed by atoms with Crippen LogP contribution in [0.5, 0.6) is 11.5 Å². The summed E-state index contributed by atoms with van der Waals surface area (Å²) >= 11 is 0. The zero-order chi connectivity index (χ0) is 14.5. The number of hydrogen-bond acceptors (Lipinski definition) is 5. The molecule has 20 heavy (non-hydrogen) atoms. The average Bonchev–Trinajstić information content (AvgIpc) is 2.49. The number of benzene rings is 1. The number of rotatable bonds is 5. The van der Waals surface area contributed by atoms with Crippen molar-refractivity contribution >= 4 is 0 Å². The molecule has 0 spiro atoms. The maximum Gasteiger partial charge on any atom is 0.165 e. The predicted molar refractivity (Wildman–Crippen MR) is 72.9 cm³/mol. The van der Waals surface area contributed by atoms with Gasteiger partial charge in [-0.2, -0.15) is 0 Å². The summed E-state index contributed by atoms with van der Waals surface area (Å²) in [7, 11) is 3.07. The SMILES string of the molecule is COc1cccc(C(NN)c2ccncc2F)c1OC. The zero-order valence-electron chi connectivity index (χ0n) is 11.3. The standard InChI is InChI=1S/C14H16FN3O2/c1-19-12-5-3-4-10(14(12)20-2)13(18-16)9-6-7-17-8-11(9)15/h3-8,13,18H,16H2,1-2H3. The first-order valence-corrected chi connectivity index (χ1v) is 5.99. The van der Waals surface area contributed by atoms with E-state index in [2.05, 4.69) is 10.4 Å². The average molecular weight is 277 g/mol. The highest BCUT2D eigenvalue weighted by atomic mass is 19.1. The molecule has 0 bridgehead atoms. The number of nitrogens with one attached hydrogen (secondary N) is 1. The van der Waals surface area contributed by atoms with Gasteiger partial charge in [0.25, 0.3) is 0 Å². The Morgan fingerprint density at radius 1 is 1.20 bits per heavy atom. The lowest BCUT2D eigenvalue weighted by atomic mass is 9.98. The highest BCUT2D eigenvalue weighted by Crippen LogP contribution is 2.37. The van der Waals surface area contributed by atoms with E-state index >= 15 is 0 Å². The molecule has 0 aliphatic rings. The molecular weight excluding hydrogens is 261 g/mol. The normalized spacial score (nSPS) is 12.0. The van der Waals surface area contributed by atoms with Gasteiger partial charge in [0, 0.05) is 17.3 Å². The van der Waals surface area contributed by atoms with Crippen LogP contribution in [0.15, 0.2) is 36.7 Å². The van der Waals surface area contributed by atoms with Crippen LogP contribution in [0.25, 0.3) is 0 Å². The molecule has 0 saturated carbocycles. The van der Waals surface area contributed by atoms with Crippen molar-refractivity contribution in [1.29, 1.82) is 0 Å². The number of nitrogens with zero attached hydrogens (tertiary/aromatic N) is 1. The van der Waals surface area contributed by atoms with Crippen LogP contribution < -0.4 is 20.7 Å². The summed E-state index contributed by atoms with van der Waals surface area (Å²) in [6, 6.07) is 6.35. The van der Waals surface area contributed by atoms with Crippen molar-refractivity contribution in [3.63, 3.8) is 0 Å². The van der Waals surface area contributed by atoms with Gasteiger partial charge in [-0.05, 0) is 12.1 Å². The molecule has 6 heteroatoms. The molecule has 5 nitrogen and oxygen atoms in total. The van der Waals surface area contributed by atoms with E-state index in [0.29, 0.717) is 22.6 Å². The maximum atomic E-state index is 13.9. The predicted octanol–water partition coefficient (Wildman–Crippen LogP) is 1.79. The summed E-state index contributed by atoms with van der Waals surface area (Å²) in [4.78, 5) is 3.73. The number of halogens is 1. The lowest BCUT2D eigenvalue weighted by Crippen LogP contribution is -2.30. The van der Waals surface area contributed by atoms with Crippen molar-refractivity contribution in [3.8, 4) is 11.5 Å². The van der Waals surface area contributed by atoms with Crippen molar-refractivity contribution < 1.29 is 13.9 Å². The number of hydrogen-bond donors (Lipinski definition) is 2. The molecule has 0 radical (unpaired) electrons. The van der Waals surface area contributed by atoms with E-state index in [1.165, 1.54) is 13.3 Å². The number of ether oxygens (including phenoxy) is 2. The van der Waals surface area contributed by atoms with Gasteiger partial charge in [-0.1, -0.05) is 12.1 Å². The number of pyridine rings is 1. The molecule has 0 saturated heterocycles. The second-order valence-electron chi connectivity index (χ2n) is 4.08. The third kappa shape index (κ3) is 2.56. The molecule has 3 N–H and O–H groups in total. The van der Waals surface area contributed by atoms with Gasteiger partial charge in [-0.25, -0.2) is 9.82 Å². The van der Waals surface area contributed by atoms with Gasteiger partial charge >= 0.3 is 0 Å². The van der Waals surface area contributed by atoms with Crippen LogP contribution in [0.1, 0.15) is 17.2 Å². The maximum absolute atomic E-state index is 13.9. The van der Waals surface area contributed by atoms with Crippen molar-refractivity contribution in [3.05, 3.63) is 53.6 Å². The third-order valence-corrected chi connectivity index (χ3v) is 3.03. The Labute approximate surface area is 116 Å². The Kier molecular flexibility index (Phi) is 4.49. The lowest BCUT2D eigenvalue weighted by Gasteiger charge is -2.21. The van der Waals surface area contributed by atoms with Crippen molar-refractivity contribution in [2.24, 2.45) is 5.84 Å².